The van der Waals surface area contributed by atoms with Crippen molar-refractivity contribution >= 4 is 5.82 Å². The molecule has 0 aliphatic rings. The summed E-state index contributed by atoms with van der Waals surface area (Å²) in [6.07, 6.45) is 0. The van der Waals surface area contributed by atoms with Crippen molar-refractivity contribution < 1.29 is 0 Å². The van der Waals surface area contributed by atoms with E-state index < -0.39 is 0 Å². The normalized spacial score (nSPS) is 13.7. The number of anilines is 1. The van der Waals surface area contributed by atoms with Crippen molar-refractivity contribution in [3.63, 3.8) is 0 Å². The Morgan fingerprint density at radius 1 is 1.33 bits per heavy atom. The third-order valence-electron chi connectivity index (χ3n) is 2.12. The number of hydrogen-bond donors (Lipinski definition) is 2. The summed E-state index contributed by atoms with van der Waals surface area (Å²) in [6, 6.07) is 4.07. The summed E-state index contributed by atoms with van der Waals surface area (Å²) in [7, 11) is 0. The van der Waals surface area contributed by atoms with Crippen LogP contribution in [-0.4, -0.2) is 10.5 Å². The van der Waals surface area contributed by atoms with Gasteiger partial charge in [0.2, 0.25) is 0 Å². The zero-order chi connectivity index (χ0) is 11.6. The molecule has 1 aromatic rings. The summed E-state index contributed by atoms with van der Waals surface area (Å²) < 4.78 is 0. The maximum atomic E-state index is 5.83. The van der Waals surface area contributed by atoms with Gasteiger partial charge in [0.05, 0.1) is 0 Å². The predicted molar refractivity (Wildman–Crippen MR) is 65.0 cm³/mol. The van der Waals surface area contributed by atoms with Crippen molar-refractivity contribution in [2.24, 2.45) is 5.73 Å². The third kappa shape index (κ3) is 3.51. The fourth-order valence-electron chi connectivity index (χ4n) is 1.51. The van der Waals surface area contributed by atoms with E-state index in [0.29, 0.717) is 0 Å². The highest BCUT2D eigenvalue weighted by Crippen LogP contribution is 2.18. The van der Waals surface area contributed by atoms with Crippen LogP contribution in [0.4, 0.5) is 5.82 Å². The zero-order valence-corrected chi connectivity index (χ0v) is 10.3. The lowest BCUT2D eigenvalue weighted by Gasteiger charge is -2.22. The van der Waals surface area contributed by atoms with Crippen LogP contribution in [0.3, 0.4) is 0 Å². The average Bonchev–Trinajstić information content (AvgIpc) is 1.99. The Labute approximate surface area is 92.1 Å². The van der Waals surface area contributed by atoms with E-state index in [1.807, 2.05) is 26.0 Å². The van der Waals surface area contributed by atoms with Crippen LogP contribution >= 0.6 is 0 Å². The summed E-state index contributed by atoms with van der Waals surface area (Å²) in [6.45, 7) is 10.3. The molecule has 1 heterocycles. The second-order valence-electron chi connectivity index (χ2n) is 5.03. The number of hydrogen-bond acceptors (Lipinski definition) is 3. The zero-order valence-electron chi connectivity index (χ0n) is 10.3. The number of rotatable bonds is 2. The van der Waals surface area contributed by atoms with Crippen LogP contribution in [-0.2, 0) is 0 Å². The van der Waals surface area contributed by atoms with Crippen molar-refractivity contribution in [2.45, 2.75) is 46.2 Å². The first-order valence-electron chi connectivity index (χ1n) is 5.31. The van der Waals surface area contributed by atoms with Gasteiger partial charge in [-0.05, 0) is 46.2 Å². The van der Waals surface area contributed by atoms with Crippen molar-refractivity contribution in [3.05, 3.63) is 23.4 Å². The fraction of sp³-hybridized carbons (Fsp3) is 0.583. The Balaban J connectivity index is 2.92. The van der Waals surface area contributed by atoms with Crippen molar-refractivity contribution in [1.82, 2.24) is 4.98 Å². The standard InChI is InChI=1S/C12H21N3/c1-8(13)10-6-7-11(14-9(10)2)15-12(3,4)5/h6-8H,13H2,1-5H3,(H,14,15). The topological polar surface area (TPSA) is 50.9 Å². The molecule has 0 spiro atoms. The lowest BCUT2D eigenvalue weighted by molar-refractivity contribution is 0.629. The van der Waals surface area contributed by atoms with E-state index in [4.69, 9.17) is 5.73 Å². The maximum absolute atomic E-state index is 5.83. The lowest BCUT2D eigenvalue weighted by atomic mass is 10.1. The average molecular weight is 207 g/mol. The Kier molecular flexibility index (Phi) is 3.35. The number of nitrogens with one attached hydrogen (secondary N) is 1. The van der Waals surface area contributed by atoms with Crippen LogP contribution in [0.1, 0.15) is 45.0 Å². The van der Waals surface area contributed by atoms with Crippen LogP contribution in [0, 0.1) is 6.92 Å². The quantitative estimate of drug-likeness (QED) is 0.783. The summed E-state index contributed by atoms with van der Waals surface area (Å²) in [4.78, 5) is 4.49. The SMILES string of the molecule is Cc1nc(NC(C)(C)C)ccc1C(C)N. The minimum atomic E-state index is 0.0370. The number of aryl methyl sites for hydroxylation is 1. The molecule has 0 fully saturated rings. The van der Waals surface area contributed by atoms with Gasteiger partial charge in [-0.25, -0.2) is 4.98 Å². The van der Waals surface area contributed by atoms with Gasteiger partial charge < -0.3 is 11.1 Å². The maximum Gasteiger partial charge on any atom is 0.126 e. The first-order valence-corrected chi connectivity index (χ1v) is 5.31. The molecule has 0 radical (unpaired) electrons. The Hall–Kier alpha value is -1.09. The van der Waals surface area contributed by atoms with Gasteiger partial charge in [0.25, 0.3) is 0 Å². The number of pyridine rings is 1. The van der Waals surface area contributed by atoms with Gasteiger partial charge >= 0.3 is 0 Å². The third-order valence-corrected chi connectivity index (χ3v) is 2.12. The second kappa shape index (κ2) is 4.19. The molecule has 0 amide bonds. The predicted octanol–water partition coefficient (Wildman–Crippen LogP) is 2.62. The highest BCUT2D eigenvalue weighted by Gasteiger charge is 2.11. The van der Waals surface area contributed by atoms with Gasteiger partial charge in [-0.15, -0.1) is 0 Å². The van der Waals surface area contributed by atoms with Gasteiger partial charge in [-0.3, -0.25) is 0 Å². The smallest absolute Gasteiger partial charge is 0.126 e. The molecule has 0 saturated carbocycles. The molecule has 3 N–H and O–H groups in total. The first kappa shape index (κ1) is 12.0. The van der Waals surface area contributed by atoms with E-state index in [0.717, 1.165) is 17.1 Å². The Morgan fingerprint density at radius 2 is 1.93 bits per heavy atom. The molecular weight excluding hydrogens is 186 g/mol. The van der Waals surface area contributed by atoms with E-state index in [1.54, 1.807) is 0 Å². The molecule has 0 saturated heterocycles. The molecule has 1 rings (SSSR count). The van der Waals surface area contributed by atoms with Crippen LogP contribution in [0.2, 0.25) is 0 Å². The second-order valence-corrected chi connectivity index (χ2v) is 5.03. The minimum Gasteiger partial charge on any atom is -0.365 e. The van der Waals surface area contributed by atoms with Crippen LogP contribution in [0.25, 0.3) is 0 Å². The number of nitrogens with zero attached hydrogens (tertiary/aromatic N) is 1. The molecule has 3 nitrogen and oxygen atoms in total. The Morgan fingerprint density at radius 3 is 2.33 bits per heavy atom. The molecule has 15 heavy (non-hydrogen) atoms. The molecule has 0 aromatic carbocycles. The molecule has 1 atom stereocenters. The molecule has 1 unspecified atom stereocenters. The van der Waals surface area contributed by atoms with Gasteiger partial charge in [-0.1, -0.05) is 6.07 Å². The highest BCUT2D eigenvalue weighted by molar-refractivity contribution is 5.41. The summed E-state index contributed by atoms with van der Waals surface area (Å²) in [5, 5.41) is 3.34. The Bertz CT molecular complexity index is 337. The minimum absolute atomic E-state index is 0.0370. The summed E-state index contributed by atoms with van der Waals surface area (Å²) >= 11 is 0. The van der Waals surface area contributed by atoms with Gasteiger partial charge in [0, 0.05) is 17.3 Å². The molecular formula is C12H21N3. The monoisotopic (exact) mass is 207 g/mol. The van der Waals surface area contributed by atoms with Gasteiger partial charge in [-0.2, -0.15) is 0 Å². The van der Waals surface area contributed by atoms with E-state index in [1.165, 1.54) is 0 Å². The van der Waals surface area contributed by atoms with Crippen molar-refractivity contribution in [2.75, 3.05) is 5.32 Å². The van der Waals surface area contributed by atoms with Crippen molar-refractivity contribution in [3.8, 4) is 0 Å². The van der Waals surface area contributed by atoms with E-state index in [-0.39, 0.29) is 11.6 Å². The van der Waals surface area contributed by atoms with Crippen molar-refractivity contribution in [1.29, 1.82) is 0 Å². The molecule has 1 aromatic heterocycles. The van der Waals surface area contributed by atoms with Crippen LogP contribution < -0.4 is 11.1 Å². The largest absolute Gasteiger partial charge is 0.365 e. The van der Waals surface area contributed by atoms with E-state index in [9.17, 15) is 0 Å². The van der Waals surface area contributed by atoms with E-state index in [2.05, 4.69) is 31.1 Å². The summed E-state index contributed by atoms with van der Waals surface area (Å²) in [5.74, 6) is 0.907. The number of aromatic nitrogens is 1. The van der Waals surface area contributed by atoms with Gasteiger partial charge in [0.15, 0.2) is 0 Å². The molecule has 3 heteroatoms. The van der Waals surface area contributed by atoms with Crippen LogP contribution in [0.15, 0.2) is 12.1 Å². The molecule has 84 valence electrons. The lowest BCUT2D eigenvalue weighted by Crippen LogP contribution is -2.26. The first-order chi connectivity index (χ1) is 6.79. The molecule has 0 aliphatic heterocycles. The van der Waals surface area contributed by atoms with Gasteiger partial charge in [0.1, 0.15) is 5.82 Å². The van der Waals surface area contributed by atoms with Crippen LogP contribution in [0.5, 0.6) is 0 Å². The molecule has 0 bridgehead atoms. The number of nitrogens with two attached hydrogens (primary N) is 1. The van der Waals surface area contributed by atoms with E-state index >= 15 is 0 Å². The fourth-order valence-corrected chi connectivity index (χ4v) is 1.51. The molecule has 0 aliphatic carbocycles. The highest BCUT2D eigenvalue weighted by atomic mass is 15.0. The summed E-state index contributed by atoms with van der Waals surface area (Å²) in [5.41, 5.74) is 7.97.